The minimum atomic E-state index is -0.481. The number of ether oxygens (including phenoxy) is 1. The summed E-state index contributed by atoms with van der Waals surface area (Å²) in [5, 5.41) is 15.4. The summed E-state index contributed by atoms with van der Waals surface area (Å²) in [7, 11) is 1.64. The standard InChI is InChI=1S/C25H25ClN4O4/c1-34-24-9-5-4-8-22(24)28-12-14-29(15-13-28)25(31)18-10-11-21(23(16-18)30(32)33)27-17-19-6-2-3-7-20(19)26/h2-11,16,27H,12-15,17H2,1H3. The lowest BCUT2D eigenvalue weighted by atomic mass is 10.1. The lowest BCUT2D eigenvalue weighted by Crippen LogP contribution is -2.48. The van der Waals surface area contributed by atoms with Crippen molar-refractivity contribution in [2.45, 2.75) is 6.54 Å². The number of nitrogens with zero attached hydrogens (tertiary/aromatic N) is 3. The Balaban J connectivity index is 1.44. The van der Waals surface area contributed by atoms with Gasteiger partial charge in [-0.15, -0.1) is 0 Å². The molecule has 3 aromatic carbocycles. The van der Waals surface area contributed by atoms with E-state index in [0.29, 0.717) is 49.0 Å². The Morgan fingerprint density at radius 3 is 2.47 bits per heavy atom. The number of nitro groups is 1. The highest BCUT2D eigenvalue weighted by molar-refractivity contribution is 6.31. The highest BCUT2D eigenvalue weighted by atomic mass is 35.5. The number of anilines is 2. The predicted octanol–water partition coefficient (Wildman–Crippen LogP) is 4.83. The fraction of sp³-hybridized carbons (Fsp3) is 0.240. The SMILES string of the molecule is COc1ccccc1N1CCN(C(=O)c2ccc(NCc3ccccc3Cl)c([N+](=O)[O-])c2)CC1. The van der Waals surface area contributed by atoms with E-state index in [1.807, 2.05) is 42.5 Å². The molecule has 34 heavy (non-hydrogen) atoms. The van der Waals surface area contributed by atoms with Crippen molar-refractivity contribution < 1.29 is 14.5 Å². The summed E-state index contributed by atoms with van der Waals surface area (Å²) in [5.41, 5.74) is 2.29. The molecular weight excluding hydrogens is 456 g/mol. The summed E-state index contributed by atoms with van der Waals surface area (Å²) in [6.45, 7) is 2.64. The van der Waals surface area contributed by atoms with Crippen LogP contribution in [0.5, 0.6) is 5.75 Å². The largest absolute Gasteiger partial charge is 0.495 e. The second-order valence-corrected chi connectivity index (χ2v) is 8.29. The average Bonchev–Trinajstić information content (AvgIpc) is 2.87. The summed E-state index contributed by atoms with van der Waals surface area (Å²) >= 11 is 6.18. The van der Waals surface area contributed by atoms with E-state index in [2.05, 4.69) is 10.2 Å². The van der Waals surface area contributed by atoms with Gasteiger partial charge in [-0.2, -0.15) is 0 Å². The molecule has 0 bridgehead atoms. The van der Waals surface area contributed by atoms with Crippen molar-refractivity contribution in [2.24, 2.45) is 0 Å². The Bertz CT molecular complexity index is 1200. The summed E-state index contributed by atoms with van der Waals surface area (Å²) in [6, 6.07) is 19.6. The number of benzene rings is 3. The quantitative estimate of drug-likeness (QED) is 0.385. The first-order valence-corrected chi connectivity index (χ1v) is 11.3. The van der Waals surface area contributed by atoms with Crippen LogP contribution < -0.4 is 15.0 Å². The van der Waals surface area contributed by atoms with Gasteiger partial charge in [0.05, 0.1) is 17.7 Å². The molecule has 1 heterocycles. The van der Waals surface area contributed by atoms with Gasteiger partial charge in [-0.3, -0.25) is 14.9 Å². The summed E-state index contributed by atoms with van der Waals surface area (Å²) < 4.78 is 5.44. The number of carbonyl (C=O) groups is 1. The molecule has 0 unspecified atom stereocenters. The Labute approximate surface area is 202 Å². The highest BCUT2D eigenvalue weighted by Crippen LogP contribution is 2.30. The molecule has 4 rings (SSSR count). The number of hydrogen-bond acceptors (Lipinski definition) is 6. The number of nitro benzene ring substituents is 1. The van der Waals surface area contributed by atoms with Gasteiger partial charge in [0.2, 0.25) is 0 Å². The van der Waals surface area contributed by atoms with Gasteiger partial charge in [-0.1, -0.05) is 41.9 Å². The van der Waals surface area contributed by atoms with Crippen molar-refractivity contribution in [3.63, 3.8) is 0 Å². The van der Waals surface area contributed by atoms with Gasteiger partial charge in [0.25, 0.3) is 11.6 Å². The molecule has 0 radical (unpaired) electrons. The molecular formula is C25H25ClN4O4. The van der Waals surface area contributed by atoms with Crippen molar-refractivity contribution in [3.05, 3.63) is 93.0 Å². The number of amides is 1. The van der Waals surface area contributed by atoms with Crippen LogP contribution in [0.1, 0.15) is 15.9 Å². The maximum Gasteiger partial charge on any atom is 0.293 e. The van der Waals surface area contributed by atoms with E-state index in [4.69, 9.17) is 16.3 Å². The molecule has 0 atom stereocenters. The molecule has 0 spiro atoms. The van der Waals surface area contributed by atoms with Gasteiger partial charge in [-0.05, 0) is 35.9 Å². The molecule has 9 heteroatoms. The third-order valence-corrected chi connectivity index (χ3v) is 6.23. The number of piperazine rings is 1. The zero-order valence-electron chi connectivity index (χ0n) is 18.7. The molecule has 176 valence electrons. The zero-order valence-corrected chi connectivity index (χ0v) is 19.5. The molecule has 0 aromatic heterocycles. The number of methoxy groups -OCH3 is 1. The first-order chi connectivity index (χ1) is 16.5. The van der Waals surface area contributed by atoms with E-state index < -0.39 is 4.92 Å². The Hall–Kier alpha value is -3.78. The summed E-state index contributed by atoms with van der Waals surface area (Å²) in [6.07, 6.45) is 0. The molecule has 1 amide bonds. The van der Waals surface area contributed by atoms with Crippen molar-refractivity contribution >= 4 is 34.6 Å². The van der Waals surface area contributed by atoms with Crippen molar-refractivity contribution in [1.29, 1.82) is 0 Å². The van der Waals surface area contributed by atoms with Crippen molar-refractivity contribution in [3.8, 4) is 5.75 Å². The lowest BCUT2D eigenvalue weighted by Gasteiger charge is -2.36. The average molecular weight is 481 g/mol. The van der Waals surface area contributed by atoms with E-state index in [1.165, 1.54) is 6.07 Å². The summed E-state index contributed by atoms with van der Waals surface area (Å²) in [4.78, 5) is 28.2. The topological polar surface area (TPSA) is 88.0 Å². The van der Waals surface area contributed by atoms with E-state index in [9.17, 15) is 14.9 Å². The normalized spacial score (nSPS) is 13.5. The zero-order chi connectivity index (χ0) is 24.1. The van der Waals surface area contributed by atoms with Crippen LogP contribution in [-0.2, 0) is 6.54 Å². The van der Waals surface area contributed by atoms with E-state index in [0.717, 1.165) is 17.0 Å². The minimum Gasteiger partial charge on any atom is -0.495 e. The van der Waals surface area contributed by atoms with Crippen molar-refractivity contribution in [2.75, 3.05) is 43.5 Å². The fourth-order valence-electron chi connectivity index (χ4n) is 4.02. The van der Waals surface area contributed by atoms with Crippen LogP contribution in [0.25, 0.3) is 0 Å². The van der Waals surface area contributed by atoms with Gasteiger partial charge in [-0.25, -0.2) is 0 Å². The van der Waals surface area contributed by atoms with Crippen LogP contribution in [0.15, 0.2) is 66.7 Å². The van der Waals surface area contributed by atoms with Gasteiger partial charge in [0, 0.05) is 49.4 Å². The van der Waals surface area contributed by atoms with E-state index in [1.54, 1.807) is 30.2 Å². The third kappa shape index (κ3) is 5.07. The molecule has 0 aliphatic carbocycles. The number of carbonyl (C=O) groups excluding carboxylic acids is 1. The minimum absolute atomic E-state index is 0.148. The van der Waals surface area contributed by atoms with Crippen LogP contribution in [0, 0.1) is 10.1 Å². The molecule has 0 saturated carbocycles. The molecule has 1 aliphatic rings. The Morgan fingerprint density at radius 1 is 1.06 bits per heavy atom. The monoisotopic (exact) mass is 480 g/mol. The predicted molar refractivity (Wildman–Crippen MR) is 133 cm³/mol. The smallest absolute Gasteiger partial charge is 0.293 e. The highest BCUT2D eigenvalue weighted by Gasteiger charge is 2.25. The van der Waals surface area contributed by atoms with Crippen LogP contribution in [0.4, 0.5) is 17.1 Å². The second-order valence-electron chi connectivity index (χ2n) is 7.89. The maximum atomic E-state index is 13.1. The number of halogens is 1. The molecule has 1 N–H and O–H groups in total. The number of nitrogens with one attached hydrogen (secondary N) is 1. The Kier molecular flexibility index (Phi) is 7.18. The van der Waals surface area contributed by atoms with Crippen molar-refractivity contribution in [1.82, 2.24) is 4.90 Å². The van der Waals surface area contributed by atoms with Gasteiger partial charge in [0.15, 0.2) is 0 Å². The van der Waals surface area contributed by atoms with E-state index in [-0.39, 0.29) is 11.6 Å². The first-order valence-electron chi connectivity index (χ1n) is 10.9. The van der Waals surface area contributed by atoms with Crippen LogP contribution >= 0.6 is 11.6 Å². The Morgan fingerprint density at radius 2 is 1.76 bits per heavy atom. The number of hydrogen-bond donors (Lipinski definition) is 1. The van der Waals surface area contributed by atoms with Crippen LogP contribution in [0.3, 0.4) is 0 Å². The van der Waals surface area contributed by atoms with Gasteiger partial charge >= 0.3 is 0 Å². The fourth-order valence-corrected chi connectivity index (χ4v) is 4.22. The number of rotatable bonds is 7. The number of para-hydroxylation sites is 2. The first kappa shape index (κ1) is 23.4. The second kappa shape index (κ2) is 10.4. The lowest BCUT2D eigenvalue weighted by molar-refractivity contribution is -0.384. The molecule has 1 aliphatic heterocycles. The van der Waals surface area contributed by atoms with Gasteiger partial charge < -0.3 is 19.9 Å². The molecule has 3 aromatic rings. The molecule has 1 fully saturated rings. The third-order valence-electron chi connectivity index (χ3n) is 5.86. The molecule has 8 nitrogen and oxygen atoms in total. The maximum absolute atomic E-state index is 13.1. The van der Waals surface area contributed by atoms with Crippen LogP contribution in [0.2, 0.25) is 5.02 Å². The summed E-state index contributed by atoms with van der Waals surface area (Å²) in [5.74, 6) is 0.568. The molecule has 1 saturated heterocycles. The van der Waals surface area contributed by atoms with Crippen LogP contribution in [-0.4, -0.2) is 49.0 Å². The van der Waals surface area contributed by atoms with Gasteiger partial charge in [0.1, 0.15) is 11.4 Å². The van der Waals surface area contributed by atoms with E-state index >= 15 is 0 Å².